The van der Waals surface area contributed by atoms with Crippen LogP contribution in [0.4, 0.5) is 0 Å². The number of hydrogen-bond donors (Lipinski definition) is 1. The maximum Gasteiger partial charge on any atom is 0.239 e. The fourth-order valence-corrected chi connectivity index (χ4v) is 2.46. The average Bonchev–Trinajstić information content (AvgIpc) is 2.47. The molecule has 1 saturated heterocycles. The summed E-state index contributed by atoms with van der Waals surface area (Å²) in [4.78, 5) is 16.5. The molecular formula is C16H25N3O. The number of carbonyl (C=O) groups is 1. The van der Waals surface area contributed by atoms with E-state index in [2.05, 4.69) is 29.2 Å². The summed E-state index contributed by atoms with van der Waals surface area (Å²) in [5, 5.41) is 0. The molecule has 2 rings (SSSR count). The lowest BCUT2D eigenvalue weighted by Gasteiger charge is -2.36. The number of carbonyl (C=O) groups excluding carboxylic acids is 1. The standard InChI is InChI=1S/C16H25N3O/c1-13(2)15(17)16(20)19-10-8-18(9-11-19)12-14-6-4-3-5-7-14/h3-7,13,15H,8-12,17H2,1-2H3/t15-/m1/s1. The molecule has 0 saturated carbocycles. The van der Waals surface area contributed by atoms with Gasteiger partial charge in [-0.15, -0.1) is 0 Å². The summed E-state index contributed by atoms with van der Waals surface area (Å²) >= 11 is 0. The van der Waals surface area contributed by atoms with Crippen LogP contribution < -0.4 is 5.73 Å². The van der Waals surface area contributed by atoms with Gasteiger partial charge in [-0.25, -0.2) is 0 Å². The maximum absolute atomic E-state index is 12.2. The molecule has 0 aliphatic carbocycles. The number of benzene rings is 1. The highest BCUT2D eigenvalue weighted by Gasteiger charge is 2.26. The Morgan fingerprint density at radius 3 is 2.30 bits per heavy atom. The van der Waals surface area contributed by atoms with Gasteiger partial charge in [0, 0.05) is 32.7 Å². The summed E-state index contributed by atoms with van der Waals surface area (Å²) in [6.45, 7) is 8.36. The molecule has 4 nitrogen and oxygen atoms in total. The molecule has 1 aliphatic heterocycles. The van der Waals surface area contributed by atoms with Crippen molar-refractivity contribution in [1.82, 2.24) is 9.80 Å². The predicted octanol–water partition coefficient (Wildman–Crippen LogP) is 1.31. The van der Waals surface area contributed by atoms with Crippen molar-refractivity contribution in [3.63, 3.8) is 0 Å². The van der Waals surface area contributed by atoms with Gasteiger partial charge in [0.05, 0.1) is 6.04 Å². The Labute approximate surface area is 121 Å². The van der Waals surface area contributed by atoms with E-state index in [-0.39, 0.29) is 17.9 Å². The van der Waals surface area contributed by atoms with E-state index in [0.29, 0.717) is 0 Å². The van der Waals surface area contributed by atoms with Crippen LogP contribution in [0.25, 0.3) is 0 Å². The molecule has 2 N–H and O–H groups in total. The average molecular weight is 275 g/mol. The van der Waals surface area contributed by atoms with Crippen molar-refractivity contribution in [3.05, 3.63) is 35.9 Å². The molecule has 1 aromatic carbocycles. The zero-order valence-electron chi connectivity index (χ0n) is 12.5. The summed E-state index contributed by atoms with van der Waals surface area (Å²) in [6.07, 6.45) is 0. The monoisotopic (exact) mass is 275 g/mol. The van der Waals surface area contributed by atoms with E-state index in [0.717, 1.165) is 32.7 Å². The van der Waals surface area contributed by atoms with Crippen molar-refractivity contribution in [1.29, 1.82) is 0 Å². The van der Waals surface area contributed by atoms with Gasteiger partial charge in [-0.1, -0.05) is 44.2 Å². The van der Waals surface area contributed by atoms with Gasteiger partial charge >= 0.3 is 0 Å². The van der Waals surface area contributed by atoms with Crippen LogP contribution in [0.15, 0.2) is 30.3 Å². The zero-order chi connectivity index (χ0) is 14.5. The summed E-state index contributed by atoms with van der Waals surface area (Å²) < 4.78 is 0. The lowest BCUT2D eigenvalue weighted by Crippen LogP contribution is -2.54. The van der Waals surface area contributed by atoms with Crippen molar-refractivity contribution in [3.8, 4) is 0 Å². The van der Waals surface area contributed by atoms with E-state index in [4.69, 9.17) is 5.73 Å². The summed E-state index contributed by atoms with van der Waals surface area (Å²) in [7, 11) is 0. The fraction of sp³-hybridized carbons (Fsp3) is 0.562. The zero-order valence-corrected chi connectivity index (χ0v) is 12.5. The minimum Gasteiger partial charge on any atom is -0.339 e. The van der Waals surface area contributed by atoms with Crippen molar-refractivity contribution >= 4 is 5.91 Å². The van der Waals surface area contributed by atoms with Gasteiger partial charge in [0.2, 0.25) is 5.91 Å². The van der Waals surface area contributed by atoms with Crippen LogP contribution in [0.5, 0.6) is 0 Å². The molecule has 0 bridgehead atoms. The third-order valence-corrected chi connectivity index (χ3v) is 3.94. The van der Waals surface area contributed by atoms with Crippen LogP contribution in [-0.2, 0) is 11.3 Å². The first-order valence-electron chi connectivity index (χ1n) is 7.38. The van der Waals surface area contributed by atoms with E-state index in [9.17, 15) is 4.79 Å². The normalized spacial score (nSPS) is 18.3. The largest absolute Gasteiger partial charge is 0.339 e. The topological polar surface area (TPSA) is 49.6 Å². The number of amides is 1. The molecule has 1 aromatic rings. The van der Waals surface area contributed by atoms with E-state index < -0.39 is 0 Å². The molecule has 0 radical (unpaired) electrons. The van der Waals surface area contributed by atoms with Crippen LogP contribution in [0.2, 0.25) is 0 Å². The maximum atomic E-state index is 12.2. The second kappa shape index (κ2) is 6.86. The highest BCUT2D eigenvalue weighted by molar-refractivity contribution is 5.82. The summed E-state index contributed by atoms with van der Waals surface area (Å²) in [5.74, 6) is 0.296. The molecule has 20 heavy (non-hydrogen) atoms. The van der Waals surface area contributed by atoms with Crippen LogP contribution in [0.1, 0.15) is 19.4 Å². The molecule has 1 amide bonds. The first kappa shape index (κ1) is 15.0. The van der Waals surface area contributed by atoms with Gasteiger partial charge in [-0.2, -0.15) is 0 Å². The van der Waals surface area contributed by atoms with Crippen LogP contribution in [0.3, 0.4) is 0 Å². The molecule has 0 unspecified atom stereocenters. The molecule has 1 fully saturated rings. The minimum absolute atomic E-state index is 0.0966. The third-order valence-electron chi connectivity index (χ3n) is 3.94. The second-order valence-electron chi connectivity index (χ2n) is 5.86. The third kappa shape index (κ3) is 3.81. The van der Waals surface area contributed by atoms with E-state index >= 15 is 0 Å². The summed E-state index contributed by atoms with van der Waals surface area (Å²) in [5.41, 5.74) is 7.27. The van der Waals surface area contributed by atoms with E-state index in [1.54, 1.807) is 0 Å². The number of piperazine rings is 1. The molecule has 1 aliphatic rings. The van der Waals surface area contributed by atoms with Crippen molar-refractivity contribution in [2.45, 2.75) is 26.4 Å². The van der Waals surface area contributed by atoms with Crippen LogP contribution in [-0.4, -0.2) is 47.9 Å². The van der Waals surface area contributed by atoms with Gasteiger partial charge in [-0.05, 0) is 11.5 Å². The SMILES string of the molecule is CC(C)[C@@H](N)C(=O)N1CCN(Cc2ccccc2)CC1. The number of nitrogens with two attached hydrogens (primary N) is 1. The van der Waals surface area contributed by atoms with Gasteiger partial charge in [0.1, 0.15) is 0 Å². The Kier molecular flexibility index (Phi) is 5.15. The summed E-state index contributed by atoms with van der Waals surface area (Å²) in [6, 6.07) is 10.1. The number of nitrogens with zero attached hydrogens (tertiary/aromatic N) is 2. The Morgan fingerprint density at radius 2 is 1.75 bits per heavy atom. The first-order chi connectivity index (χ1) is 9.58. The van der Waals surface area contributed by atoms with Crippen molar-refractivity contribution < 1.29 is 4.79 Å². The number of hydrogen-bond acceptors (Lipinski definition) is 3. The fourth-order valence-electron chi connectivity index (χ4n) is 2.46. The van der Waals surface area contributed by atoms with Gasteiger partial charge < -0.3 is 10.6 Å². The minimum atomic E-state index is -0.365. The van der Waals surface area contributed by atoms with E-state index in [1.165, 1.54) is 5.56 Å². The smallest absolute Gasteiger partial charge is 0.239 e. The van der Waals surface area contributed by atoms with Gasteiger partial charge in [0.15, 0.2) is 0 Å². The first-order valence-corrected chi connectivity index (χ1v) is 7.38. The molecule has 0 aromatic heterocycles. The highest BCUT2D eigenvalue weighted by atomic mass is 16.2. The second-order valence-corrected chi connectivity index (χ2v) is 5.86. The Hall–Kier alpha value is -1.39. The van der Waals surface area contributed by atoms with Crippen LogP contribution >= 0.6 is 0 Å². The highest BCUT2D eigenvalue weighted by Crippen LogP contribution is 2.10. The van der Waals surface area contributed by atoms with Crippen LogP contribution in [0, 0.1) is 5.92 Å². The predicted molar refractivity (Wildman–Crippen MR) is 81.1 cm³/mol. The van der Waals surface area contributed by atoms with Crippen molar-refractivity contribution in [2.24, 2.45) is 11.7 Å². The molecular weight excluding hydrogens is 250 g/mol. The Morgan fingerprint density at radius 1 is 1.15 bits per heavy atom. The molecule has 110 valence electrons. The lowest BCUT2D eigenvalue weighted by molar-refractivity contribution is -0.135. The van der Waals surface area contributed by atoms with Crippen molar-refractivity contribution in [2.75, 3.05) is 26.2 Å². The quantitative estimate of drug-likeness (QED) is 0.901. The Balaban J connectivity index is 1.82. The van der Waals surface area contributed by atoms with Gasteiger partial charge in [0.25, 0.3) is 0 Å². The lowest BCUT2D eigenvalue weighted by atomic mass is 10.0. The molecule has 1 heterocycles. The molecule has 0 spiro atoms. The number of rotatable bonds is 4. The van der Waals surface area contributed by atoms with Gasteiger partial charge in [-0.3, -0.25) is 9.69 Å². The van der Waals surface area contributed by atoms with E-state index in [1.807, 2.05) is 24.8 Å². The molecule has 4 heteroatoms. The Bertz CT molecular complexity index is 425. The molecule has 1 atom stereocenters.